The van der Waals surface area contributed by atoms with Crippen LogP contribution in [-0.4, -0.2) is 14.2 Å². The lowest BCUT2D eigenvalue weighted by molar-refractivity contribution is 0.413. The molecule has 2 heteroatoms. The fourth-order valence-electron chi connectivity index (χ4n) is 12.3. The molecule has 0 saturated heterocycles. The third kappa shape index (κ3) is 4.28. The van der Waals surface area contributed by atoms with Gasteiger partial charge in [0.2, 0.25) is 0 Å². The molecule has 6 aromatic rings. The van der Waals surface area contributed by atoms with Crippen molar-refractivity contribution in [2.45, 2.75) is 70.6 Å². The molecule has 0 amide bonds. The summed E-state index contributed by atoms with van der Waals surface area (Å²) >= 11 is 0. The first-order valence-electron chi connectivity index (χ1n) is 20.9. The van der Waals surface area contributed by atoms with Crippen molar-refractivity contribution in [1.82, 2.24) is 0 Å². The summed E-state index contributed by atoms with van der Waals surface area (Å²) in [6, 6.07) is 41.3. The van der Waals surface area contributed by atoms with E-state index in [1.807, 2.05) is 0 Å². The normalized spacial score (nSPS) is 21.3. The molecule has 286 valence electrons. The van der Waals surface area contributed by atoms with Crippen molar-refractivity contribution in [2.75, 3.05) is 14.2 Å². The second-order valence-corrected chi connectivity index (χ2v) is 18.9. The van der Waals surface area contributed by atoms with Crippen LogP contribution in [0.1, 0.15) is 110 Å². The smallest absolute Gasteiger partial charge is 0.118 e. The molecule has 0 saturated carbocycles. The Balaban J connectivity index is 1.29. The van der Waals surface area contributed by atoms with E-state index in [4.69, 9.17) is 9.47 Å². The Morgan fingerprint density at radius 2 is 0.983 bits per heavy atom. The highest BCUT2D eigenvalue weighted by Crippen LogP contribution is 2.68. The summed E-state index contributed by atoms with van der Waals surface area (Å²) in [5, 5.41) is 0. The molecule has 0 heterocycles. The summed E-state index contributed by atoms with van der Waals surface area (Å²) in [5.41, 5.74) is 24.1. The number of rotatable bonds is 4. The largest absolute Gasteiger partial charge is 0.497 e. The number of allylic oxidation sites excluding steroid dienone is 5. The number of ether oxygens (including phenoxy) is 2. The van der Waals surface area contributed by atoms with E-state index in [1.54, 1.807) is 14.2 Å². The Hall–Kier alpha value is -5.86. The standard InChI is InChI=1S/C56H50O2/c1-53(2)41-18-12-11-17-37(41)47-50(53)46-36-16-10-13-19-42(36)54(3,4)51(46)48-40-30-38-39(31-44(40)55(5,6)52(47)48)49(33-23-27-35(58-9)28-24-33)56(7)29-15-14-20-43(56)45(38)32-21-25-34(57-8)26-22-32/h10-31,49H,1-9H3. The molecule has 5 aliphatic carbocycles. The number of benzene rings is 6. The Kier molecular flexibility index (Phi) is 7.08. The lowest BCUT2D eigenvalue weighted by atomic mass is 9.57. The van der Waals surface area contributed by atoms with E-state index >= 15 is 0 Å². The average Bonchev–Trinajstić information content (AvgIpc) is 3.71. The number of hydrogen-bond acceptors (Lipinski definition) is 2. The second-order valence-electron chi connectivity index (χ2n) is 18.9. The van der Waals surface area contributed by atoms with Gasteiger partial charge in [-0.3, -0.25) is 0 Å². The van der Waals surface area contributed by atoms with Gasteiger partial charge < -0.3 is 9.47 Å². The first-order valence-corrected chi connectivity index (χ1v) is 20.9. The Bertz CT molecular complexity index is 2870. The van der Waals surface area contributed by atoms with Crippen LogP contribution in [0, 0.1) is 5.41 Å². The van der Waals surface area contributed by atoms with Crippen molar-refractivity contribution < 1.29 is 9.47 Å². The van der Waals surface area contributed by atoms with E-state index in [2.05, 4.69) is 182 Å². The fourth-order valence-corrected chi connectivity index (χ4v) is 12.3. The summed E-state index contributed by atoms with van der Waals surface area (Å²) in [4.78, 5) is 0. The van der Waals surface area contributed by atoms with Gasteiger partial charge in [0.25, 0.3) is 0 Å². The maximum Gasteiger partial charge on any atom is 0.118 e. The molecule has 0 aromatic heterocycles. The third-order valence-electron chi connectivity index (χ3n) is 14.9. The molecule has 2 atom stereocenters. The van der Waals surface area contributed by atoms with Crippen molar-refractivity contribution in [2.24, 2.45) is 5.41 Å². The van der Waals surface area contributed by atoms with Crippen LogP contribution in [0.3, 0.4) is 0 Å². The van der Waals surface area contributed by atoms with Gasteiger partial charge in [0.1, 0.15) is 11.5 Å². The first kappa shape index (κ1) is 35.3. The van der Waals surface area contributed by atoms with Crippen LogP contribution in [0.5, 0.6) is 11.5 Å². The summed E-state index contributed by atoms with van der Waals surface area (Å²) in [6.07, 6.45) is 9.27. The summed E-state index contributed by atoms with van der Waals surface area (Å²) in [5.74, 6) is 1.81. The van der Waals surface area contributed by atoms with Crippen LogP contribution < -0.4 is 9.47 Å². The number of methoxy groups -OCH3 is 2. The molecule has 0 radical (unpaired) electrons. The maximum absolute atomic E-state index is 5.68. The zero-order valence-electron chi connectivity index (χ0n) is 35.1. The van der Waals surface area contributed by atoms with E-state index in [1.165, 1.54) is 100 Å². The molecular weight excluding hydrogens is 705 g/mol. The molecule has 11 rings (SSSR count). The van der Waals surface area contributed by atoms with Gasteiger partial charge in [-0.15, -0.1) is 0 Å². The molecule has 58 heavy (non-hydrogen) atoms. The monoisotopic (exact) mass is 754 g/mol. The molecule has 5 aliphatic rings. The van der Waals surface area contributed by atoms with Crippen LogP contribution in [-0.2, 0) is 16.2 Å². The average molecular weight is 755 g/mol. The van der Waals surface area contributed by atoms with Crippen LogP contribution >= 0.6 is 0 Å². The van der Waals surface area contributed by atoms with Gasteiger partial charge in [0.15, 0.2) is 0 Å². The van der Waals surface area contributed by atoms with E-state index in [0.29, 0.717) is 0 Å². The summed E-state index contributed by atoms with van der Waals surface area (Å²) < 4.78 is 11.4. The lowest BCUT2D eigenvalue weighted by Crippen LogP contribution is -2.33. The van der Waals surface area contributed by atoms with Gasteiger partial charge in [-0.1, -0.05) is 152 Å². The van der Waals surface area contributed by atoms with E-state index in [-0.39, 0.29) is 27.6 Å². The maximum atomic E-state index is 5.68. The van der Waals surface area contributed by atoms with Crippen molar-refractivity contribution in [3.8, 4) is 44.9 Å². The highest BCUT2D eigenvalue weighted by Gasteiger charge is 2.53. The van der Waals surface area contributed by atoms with Crippen LogP contribution in [0.25, 0.3) is 39.0 Å². The zero-order chi connectivity index (χ0) is 40.1. The Labute approximate surface area is 343 Å². The third-order valence-corrected chi connectivity index (χ3v) is 14.9. The van der Waals surface area contributed by atoms with Crippen LogP contribution in [0.15, 0.2) is 139 Å². The van der Waals surface area contributed by atoms with Gasteiger partial charge in [0.05, 0.1) is 14.2 Å². The minimum absolute atomic E-state index is 0.0770. The van der Waals surface area contributed by atoms with Crippen molar-refractivity contribution in [3.63, 3.8) is 0 Å². The molecule has 6 aromatic carbocycles. The SMILES string of the molecule is COc1ccc(C2=C3C=CC=CC3(C)C(c3ccc(OC)cc3)c3cc4c(cc32)-c2c3c(c5c(c2C4(C)C)-c2ccccc2C5(C)C)-c2ccccc2C3(C)C)cc1. The van der Waals surface area contributed by atoms with Gasteiger partial charge >= 0.3 is 0 Å². The highest BCUT2D eigenvalue weighted by molar-refractivity contribution is 6.05. The molecule has 2 nitrogen and oxygen atoms in total. The van der Waals surface area contributed by atoms with Crippen molar-refractivity contribution in [3.05, 3.63) is 195 Å². The number of fused-ring (bicyclic) bond motifs is 14. The van der Waals surface area contributed by atoms with E-state index in [9.17, 15) is 0 Å². The van der Waals surface area contributed by atoms with Crippen LogP contribution in [0.4, 0.5) is 0 Å². The lowest BCUT2D eigenvalue weighted by Gasteiger charge is -2.45. The first-order chi connectivity index (χ1) is 27.8. The predicted molar refractivity (Wildman–Crippen MR) is 239 cm³/mol. The molecule has 0 bridgehead atoms. The van der Waals surface area contributed by atoms with Crippen molar-refractivity contribution in [1.29, 1.82) is 0 Å². The molecule has 0 N–H and O–H groups in total. The topological polar surface area (TPSA) is 18.5 Å². The fraction of sp³-hybridized carbons (Fsp3) is 0.250. The molecule has 0 fully saturated rings. The van der Waals surface area contributed by atoms with Gasteiger partial charge in [-0.25, -0.2) is 0 Å². The zero-order valence-corrected chi connectivity index (χ0v) is 35.1. The highest BCUT2D eigenvalue weighted by atomic mass is 16.5. The quantitative estimate of drug-likeness (QED) is 0.178. The molecule has 2 unspecified atom stereocenters. The van der Waals surface area contributed by atoms with Crippen molar-refractivity contribution >= 4 is 5.57 Å². The van der Waals surface area contributed by atoms with Gasteiger partial charge in [-0.2, -0.15) is 0 Å². The summed E-state index contributed by atoms with van der Waals surface area (Å²) in [7, 11) is 3.49. The van der Waals surface area contributed by atoms with E-state index in [0.717, 1.165) is 11.5 Å². The Morgan fingerprint density at radius 1 is 0.483 bits per heavy atom. The van der Waals surface area contributed by atoms with Gasteiger partial charge in [-0.05, 0) is 130 Å². The molecule has 0 aliphatic heterocycles. The minimum Gasteiger partial charge on any atom is -0.497 e. The van der Waals surface area contributed by atoms with E-state index < -0.39 is 0 Å². The number of hydrogen-bond donors (Lipinski definition) is 0. The second kappa shape index (κ2) is 11.6. The Morgan fingerprint density at radius 3 is 1.53 bits per heavy atom. The molecule has 0 spiro atoms. The van der Waals surface area contributed by atoms with Crippen LogP contribution in [0.2, 0.25) is 0 Å². The predicted octanol–water partition coefficient (Wildman–Crippen LogP) is 13.7. The molecular formula is C56H50O2. The summed E-state index contributed by atoms with van der Waals surface area (Å²) in [6.45, 7) is 17.3. The van der Waals surface area contributed by atoms with Gasteiger partial charge in [0, 0.05) is 27.6 Å². The minimum atomic E-state index is -0.301.